The molecule has 0 bridgehead atoms. The highest BCUT2D eigenvalue weighted by atomic mass is 19.1. The van der Waals surface area contributed by atoms with Crippen LogP contribution in [0.4, 0.5) is 14.9 Å². The number of benzene rings is 2. The molecule has 1 aromatic heterocycles. The third-order valence-corrected chi connectivity index (χ3v) is 4.87. The number of urea groups is 1. The fraction of sp³-hybridized carbons (Fsp3) is 0.200. The van der Waals surface area contributed by atoms with Gasteiger partial charge in [0.2, 0.25) is 0 Å². The first-order valence-corrected chi connectivity index (χ1v) is 10.7. The Morgan fingerprint density at radius 2 is 1.89 bits per heavy atom. The lowest BCUT2D eigenvalue weighted by Crippen LogP contribution is -2.37. The van der Waals surface area contributed by atoms with E-state index in [1.807, 2.05) is 12.2 Å². The van der Waals surface area contributed by atoms with Gasteiger partial charge in [0.05, 0.1) is 24.1 Å². The number of nitrogens with one attached hydrogen (secondary N) is 2. The maximum atomic E-state index is 13.5. The summed E-state index contributed by atoms with van der Waals surface area (Å²) in [5.74, 6) is -0.748. The van der Waals surface area contributed by atoms with Crippen molar-refractivity contribution in [2.24, 2.45) is 0 Å². The number of esters is 1. The smallest absolute Gasteiger partial charge is 0.331 e. The van der Waals surface area contributed by atoms with Crippen molar-refractivity contribution in [2.75, 3.05) is 19.0 Å². The second kappa shape index (κ2) is 12.2. The standard InChI is InChI=1S/C25H24FN3O7/c1-15-18(16(2)36-29-15)13-34-21-10-8-17(12-22(21)33-3)9-11-24(31)35-14-23(30)28-25(32)27-20-7-5-4-6-19(20)26/h4-12H,13-14H2,1-3H3,(H2,27,28,30,32). The molecule has 0 aliphatic heterocycles. The molecule has 3 amide bonds. The van der Waals surface area contributed by atoms with Crippen LogP contribution in [0.2, 0.25) is 0 Å². The maximum Gasteiger partial charge on any atom is 0.331 e. The first-order chi connectivity index (χ1) is 17.3. The summed E-state index contributed by atoms with van der Waals surface area (Å²) in [6, 6.07) is 9.55. The lowest BCUT2D eigenvalue weighted by molar-refractivity contribution is -0.143. The molecule has 3 aromatic rings. The highest BCUT2D eigenvalue weighted by Crippen LogP contribution is 2.30. The van der Waals surface area contributed by atoms with Crippen molar-refractivity contribution in [3.63, 3.8) is 0 Å². The van der Waals surface area contributed by atoms with Crippen LogP contribution in [-0.4, -0.2) is 36.8 Å². The van der Waals surface area contributed by atoms with Crippen LogP contribution in [0.15, 0.2) is 53.1 Å². The SMILES string of the molecule is COc1cc(C=CC(=O)OCC(=O)NC(=O)Nc2ccccc2F)ccc1OCc1c(C)noc1C. The molecule has 2 N–H and O–H groups in total. The van der Waals surface area contributed by atoms with E-state index in [1.54, 1.807) is 25.1 Å². The molecule has 11 heteroatoms. The zero-order chi connectivity index (χ0) is 26.1. The summed E-state index contributed by atoms with van der Waals surface area (Å²) >= 11 is 0. The third kappa shape index (κ3) is 7.16. The van der Waals surface area contributed by atoms with E-state index in [4.69, 9.17) is 18.7 Å². The Kier molecular flexibility index (Phi) is 8.76. The highest BCUT2D eigenvalue weighted by molar-refractivity contribution is 6.02. The summed E-state index contributed by atoms with van der Waals surface area (Å²) in [5.41, 5.74) is 2.10. The van der Waals surface area contributed by atoms with Crippen LogP contribution < -0.4 is 20.1 Å². The number of anilines is 1. The van der Waals surface area contributed by atoms with Gasteiger partial charge in [0.1, 0.15) is 18.2 Å². The van der Waals surface area contributed by atoms with E-state index in [0.29, 0.717) is 22.8 Å². The van der Waals surface area contributed by atoms with Gasteiger partial charge in [-0.1, -0.05) is 23.4 Å². The summed E-state index contributed by atoms with van der Waals surface area (Å²) in [7, 11) is 1.49. The average molecular weight is 497 g/mol. The number of nitrogens with zero attached hydrogens (tertiary/aromatic N) is 1. The highest BCUT2D eigenvalue weighted by Gasteiger charge is 2.13. The number of rotatable bonds is 9. The molecule has 36 heavy (non-hydrogen) atoms. The van der Waals surface area contributed by atoms with Crippen LogP contribution in [-0.2, 0) is 20.9 Å². The second-order valence-electron chi connectivity index (χ2n) is 7.42. The van der Waals surface area contributed by atoms with Crippen LogP contribution in [0.3, 0.4) is 0 Å². The van der Waals surface area contributed by atoms with E-state index in [-0.39, 0.29) is 12.3 Å². The summed E-state index contributed by atoms with van der Waals surface area (Å²) in [5, 5.41) is 8.01. The molecule has 0 aliphatic carbocycles. The number of methoxy groups -OCH3 is 1. The van der Waals surface area contributed by atoms with Crippen LogP contribution in [0.25, 0.3) is 6.08 Å². The van der Waals surface area contributed by atoms with Gasteiger partial charge in [-0.2, -0.15) is 0 Å². The number of halogens is 1. The molecule has 0 radical (unpaired) electrons. The molecular formula is C25H24FN3O7. The van der Waals surface area contributed by atoms with Crippen molar-refractivity contribution in [2.45, 2.75) is 20.5 Å². The Bertz CT molecular complexity index is 1270. The molecule has 0 fully saturated rings. The summed E-state index contributed by atoms with van der Waals surface area (Å²) in [6.07, 6.45) is 2.58. The maximum absolute atomic E-state index is 13.5. The van der Waals surface area contributed by atoms with E-state index < -0.39 is 30.3 Å². The van der Waals surface area contributed by atoms with E-state index in [9.17, 15) is 18.8 Å². The molecule has 188 valence electrons. The number of amides is 3. The molecule has 0 atom stereocenters. The lowest BCUT2D eigenvalue weighted by Gasteiger charge is -2.11. The number of ether oxygens (including phenoxy) is 3. The molecule has 0 spiro atoms. The zero-order valence-electron chi connectivity index (χ0n) is 19.8. The minimum atomic E-state index is -0.958. The van der Waals surface area contributed by atoms with E-state index in [1.165, 1.54) is 31.4 Å². The zero-order valence-corrected chi connectivity index (χ0v) is 19.8. The molecule has 2 aromatic carbocycles. The number of aromatic nitrogens is 1. The fourth-order valence-electron chi connectivity index (χ4n) is 2.99. The minimum absolute atomic E-state index is 0.0988. The summed E-state index contributed by atoms with van der Waals surface area (Å²) in [6.45, 7) is 3.17. The van der Waals surface area contributed by atoms with Gasteiger partial charge in [0.25, 0.3) is 5.91 Å². The van der Waals surface area contributed by atoms with Gasteiger partial charge in [-0.15, -0.1) is 0 Å². The van der Waals surface area contributed by atoms with Gasteiger partial charge < -0.3 is 24.1 Å². The Balaban J connectivity index is 1.48. The number of carbonyl (C=O) groups is 3. The van der Waals surface area contributed by atoms with Gasteiger partial charge >= 0.3 is 12.0 Å². The average Bonchev–Trinajstić information content (AvgIpc) is 3.18. The number of hydrogen-bond donors (Lipinski definition) is 2. The van der Waals surface area contributed by atoms with Gasteiger partial charge in [-0.05, 0) is 49.8 Å². The molecule has 0 aliphatic rings. The summed E-state index contributed by atoms with van der Waals surface area (Å²) in [4.78, 5) is 35.5. The quantitative estimate of drug-likeness (QED) is 0.336. The number of imide groups is 1. The van der Waals surface area contributed by atoms with Crippen molar-refractivity contribution in [1.29, 1.82) is 0 Å². The normalized spacial score (nSPS) is 10.7. The first kappa shape index (κ1) is 25.9. The van der Waals surface area contributed by atoms with Gasteiger partial charge in [-0.25, -0.2) is 14.0 Å². The molecule has 1 heterocycles. The number of aryl methyl sites for hydroxylation is 2. The summed E-state index contributed by atoms with van der Waals surface area (Å²) < 4.78 is 34.7. The number of carbonyl (C=O) groups excluding carboxylic acids is 3. The second-order valence-corrected chi connectivity index (χ2v) is 7.42. The van der Waals surface area contributed by atoms with Crippen molar-refractivity contribution in [3.8, 4) is 11.5 Å². The van der Waals surface area contributed by atoms with Crippen LogP contribution >= 0.6 is 0 Å². The fourth-order valence-corrected chi connectivity index (χ4v) is 2.99. The monoisotopic (exact) mass is 497 g/mol. The van der Waals surface area contributed by atoms with Gasteiger partial charge in [0.15, 0.2) is 18.1 Å². The van der Waals surface area contributed by atoms with Crippen molar-refractivity contribution in [3.05, 3.63) is 76.9 Å². The largest absolute Gasteiger partial charge is 0.493 e. The van der Waals surface area contributed by atoms with E-state index in [0.717, 1.165) is 23.4 Å². The minimum Gasteiger partial charge on any atom is -0.493 e. The molecular weight excluding hydrogens is 473 g/mol. The van der Waals surface area contributed by atoms with Crippen molar-refractivity contribution >= 4 is 29.7 Å². The molecule has 0 unspecified atom stereocenters. The number of hydrogen-bond acceptors (Lipinski definition) is 8. The van der Waals surface area contributed by atoms with E-state index >= 15 is 0 Å². The molecule has 0 saturated heterocycles. The van der Waals surface area contributed by atoms with Crippen LogP contribution in [0.5, 0.6) is 11.5 Å². The first-order valence-electron chi connectivity index (χ1n) is 10.7. The van der Waals surface area contributed by atoms with Crippen molar-refractivity contribution in [1.82, 2.24) is 10.5 Å². The third-order valence-electron chi connectivity index (χ3n) is 4.87. The lowest BCUT2D eigenvalue weighted by atomic mass is 10.2. The molecule has 3 rings (SSSR count). The number of para-hydroxylation sites is 1. The Morgan fingerprint density at radius 3 is 2.58 bits per heavy atom. The van der Waals surface area contributed by atoms with Gasteiger partial charge in [0, 0.05) is 6.08 Å². The van der Waals surface area contributed by atoms with Crippen LogP contribution in [0.1, 0.15) is 22.6 Å². The Labute approximate surface area is 206 Å². The molecule has 10 nitrogen and oxygen atoms in total. The Morgan fingerprint density at radius 1 is 1.11 bits per heavy atom. The van der Waals surface area contributed by atoms with Crippen molar-refractivity contribution < 1.29 is 37.5 Å². The predicted octanol–water partition coefficient (Wildman–Crippen LogP) is 3.92. The predicted molar refractivity (Wildman–Crippen MR) is 127 cm³/mol. The topological polar surface area (TPSA) is 129 Å². The van der Waals surface area contributed by atoms with Crippen LogP contribution in [0, 0.1) is 19.7 Å². The molecule has 0 saturated carbocycles. The Hall–Kier alpha value is -4.67. The van der Waals surface area contributed by atoms with Gasteiger partial charge in [-0.3, -0.25) is 10.1 Å². The van der Waals surface area contributed by atoms with E-state index in [2.05, 4.69) is 10.5 Å².